The van der Waals surface area contributed by atoms with Gasteiger partial charge in [0.15, 0.2) is 4.96 Å². The van der Waals surface area contributed by atoms with Gasteiger partial charge in [-0.05, 0) is 17.7 Å². The van der Waals surface area contributed by atoms with Crippen LogP contribution >= 0.6 is 27.3 Å². The molecule has 0 aliphatic heterocycles. The van der Waals surface area contributed by atoms with Crippen LogP contribution in [0.15, 0.2) is 51.3 Å². The summed E-state index contributed by atoms with van der Waals surface area (Å²) in [6, 6.07) is 7.70. The van der Waals surface area contributed by atoms with E-state index in [9.17, 15) is 9.59 Å². The quantitative estimate of drug-likeness (QED) is 0.704. The monoisotopic (exact) mass is 377 g/mol. The second kappa shape index (κ2) is 6.02. The van der Waals surface area contributed by atoms with Gasteiger partial charge in [0.25, 0.3) is 11.5 Å². The number of hydrogen-bond acceptors (Lipinski definition) is 4. The zero-order valence-corrected chi connectivity index (χ0v) is 14.1. The minimum absolute atomic E-state index is 0.0792. The average Bonchev–Trinajstić information content (AvgIpc) is 2.99. The van der Waals surface area contributed by atoms with E-state index in [0.29, 0.717) is 11.5 Å². The van der Waals surface area contributed by atoms with Crippen molar-refractivity contribution in [3.63, 3.8) is 0 Å². The molecule has 0 aliphatic carbocycles. The Balaban J connectivity index is 1.86. The van der Waals surface area contributed by atoms with Crippen LogP contribution in [0.1, 0.15) is 15.9 Å². The molecule has 2 aromatic heterocycles. The van der Waals surface area contributed by atoms with Crippen molar-refractivity contribution in [2.24, 2.45) is 0 Å². The number of hydrogen-bond donors (Lipinski definition) is 0. The van der Waals surface area contributed by atoms with Crippen molar-refractivity contribution in [3.05, 3.63) is 68.0 Å². The van der Waals surface area contributed by atoms with E-state index < -0.39 is 0 Å². The molecule has 0 unspecified atom stereocenters. The lowest BCUT2D eigenvalue weighted by Crippen LogP contribution is -2.32. The molecule has 3 rings (SSSR count). The smallest absolute Gasteiger partial charge is 0.271 e. The van der Waals surface area contributed by atoms with Crippen LogP contribution in [0.4, 0.5) is 0 Å². The molecule has 0 bridgehead atoms. The number of fused-ring (bicyclic) bond motifs is 1. The van der Waals surface area contributed by atoms with Crippen molar-refractivity contribution < 1.29 is 4.79 Å². The Bertz CT molecular complexity index is 886. The SMILES string of the molecule is CN(Cc1ccc(Br)cc1)C(=O)c1cnc2sccn2c1=O. The molecule has 3 aromatic rings. The molecule has 0 atom stereocenters. The van der Waals surface area contributed by atoms with Crippen LogP contribution in [-0.4, -0.2) is 27.2 Å². The topological polar surface area (TPSA) is 54.7 Å². The van der Waals surface area contributed by atoms with Gasteiger partial charge in [-0.25, -0.2) is 4.98 Å². The first kappa shape index (κ1) is 14.9. The summed E-state index contributed by atoms with van der Waals surface area (Å²) in [6.07, 6.45) is 2.98. The van der Waals surface area contributed by atoms with E-state index in [1.54, 1.807) is 18.6 Å². The van der Waals surface area contributed by atoms with E-state index in [-0.39, 0.29) is 17.0 Å². The van der Waals surface area contributed by atoms with Gasteiger partial charge in [-0.1, -0.05) is 28.1 Å². The van der Waals surface area contributed by atoms with Crippen molar-refractivity contribution in [1.29, 1.82) is 0 Å². The van der Waals surface area contributed by atoms with Gasteiger partial charge in [0.05, 0.1) is 0 Å². The molecule has 1 amide bonds. The third-order valence-corrected chi connectivity index (χ3v) is 4.55. The molecule has 7 heteroatoms. The third-order valence-electron chi connectivity index (χ3n) is 3.25. The Morgan fingerprint density at radius 1 is 1.36 bits per heavy atom. The molecule has 112 valence electrons. The Morgan fingerprint density at radius 2 is 2.09 bits per heavy atom. The highest BCUT2D eigenvalue weighted by molar-refractivity contribution is 9.10. The van der Waals surface area contributed by atoms with E-state index in [1.165, 1.54) is 26.8 Å². The van der Waals surface area contributed by atoms with Gasteiger partial charge in [0.2, 0.25) is 0 Å². The van der Waals surface area contributed by atoms with Gasteiger partial charge in [0, 0.05) is 35.8 Å². The normalized spacial score (nSPS) is 10.8. The van der Waals surface area contributed by atoms with Gasteiger partial charge in [-0.2, -0.15) is 0 Å². The first-order chi connectivity index (χ1) is 10.6. The fourth-order valence-electron chi connectivity index (χ4n) is 2.11. The fourth-order valence-corrected chi connectivity index (χ4v) is 3.05. The van der Waals surface area contributed by atoms with Gasteiger partial charge in [-0.15, -0.1) is 11.3 Å². The molecule has 22 heavy (non-hydrogen) atoms. The van der Waals surface area contributed by atoms with Crippen LogP contribution < -0.4 is 5.56 Å². The summed E-state index contributed by atoms with van der Waals surface area (Å²) >= 11 is 4.73. The van der Waals surface area contributed by atoms with Crippen LogP contribution in [0.3, 0.4) is 0 Å². The molecule has 0 fully saturated rings. The Morgan fingerprint density at radius 3 is 2.82 bits per heavy atom. The van der Waals surface area contributed by atoms with Crippen molar-refractivity contribution in [3.8, 4) is 0 Å². The van der Waals surface area contributed by atoms with Crippen LogP contribution in [0.2, 0.25) is 0 Å². The maximum Gasteiger partial charge on any atom is 0.271 e. The average molecular weight is 378 g/mol. The van der Waals surface area contributed by atoms with E-state index in [1.807, 2.05) is 24.3 Å². The van der Waals surface area contributed by atoms with E-state index in [2.05, 4.69) is 20.9 Å². The van der Waals surface area contributed by atoms with Gasteiger partial charge in [0.1, 0.15) is 5.56 Å². The van der Waals surface area contributed by atoms with E-state index in [4.69, 9.17) is 0 Å². The van der Waals surface area contributed by atoms with Crippen LogP contribution in [0.5, 0.6) is 0 Å². The summed E-state index contributed by atoms with van der Waals surface area (Å²) in [4.78, 5) is 31.0. The Labute approximate surface area is 139 Å². The summed E-state index contributed by atoms with van der Waals surface area (Å²) in [7, 11) is 1.67. The second-order valence-corrected chi connectivity index (χ2v) is 6.61. The van der Waals surface area contributed by atoms with Crippen LogP contribution in [0, 0.1) is 0 Å². The highest BCUT2D eigenvalue weighted by Crippen LogP contribution is 2.13. The minimum Gasteiger partial charge on any atom is -0.337 e. The Hall–Kier alpha value is -1.99. The number of nitrogens with zero attached hydrogens (tertiary/aromatic N) is 3. The molecule has 0 spiro atoms. The molecular formula is C15H12BrN3O2S. The first-order valence-electron chi connectivity index (χ1n) is 6.51. The number of benzene rings is 1. The molecule has 0 saturated heterocycles. The minimum atomic E-state index is -0.334. The first-order valence-corrected chi connectivity index (χ1v) is 8.18. The number of rotatable bonds is 3. The van der Waals surface area contributed by atoms with Crippen molar-refractivity contribution in [1.82, 2.24) is 14.3 Å². The summed E-state index contributed by atoms with van der Waals surface area (Å²) < 4.78 is 2.38. The number of aromatic nitrogens is 2. The van der Waals surface area contributed by atoms with Crippen LogP contribution in [0.25, 0.3) is 4.96 Å². The van der Waals surface area contributed by atoms with Crippen molar-refractivity contribution in [2.45, 2.75) is 6.54 Å². The largest absolute Gasteiger partial charge is 0.337 e. The van der Waals surface area contributed by atoms with E-state index in [0.717, 1.165) is 10.0 Å². The van der Waals surface area contributed by atoms with Gasteiger partial charge >= 0.3 is 0 Å². The number of carbonyl (C=O) groups excluding carboxylic acids is 1. The lowest BCUT2D eigenvalue weighted by Gasteiger charge is -2.16. The zero-order chi connectivity index (χ0) is 15.7. The van der Waals surface area contributed by atoms with Crippen LogP contribution in [-0.2, 0) is 6.54 Å². The molecule has 0 radical (unpaired) electrons. The summed E-state index contributed by atoms with van der Waals surface area (Å²) in [6.45, 7) is 0.428. The van der Waals surface area contributed by atoms with Gasteiger partial charge < -0.3 is 4.90 Å². The van der Waals surface area contributed by atoms with Crippen molar-refractivity contribution in [2.75, 3.05) is 7.05 Å². The predicted molar refractivity (Wildman–Crippen MR) is 89.3 cm³/mol. The van der Waals surface area contributed by atoms with E-state index >= 15 is 0 Å². The highest BCUT2D eigenvalue weighted by Gasteiger charge is 2.18. The maximum absolute atomic E-state index is 12.5. The zero-order valence-electron chi connectivity index (χ0n) is 11.7. The molecule has 2 heterocycles. The number of halogens is 1. The molecule has 5 nitrogen and oxygen atoms in total. The maximum atomic E-state index is 12.5. The lowest BCUT2D eigenvalue weighted by atomic mass is 10.2. The van der Waals surface area contributed by atoms with Crippen molar-refractivity contribution >= 4 is 38.1 Å². The summed E-state index contributed by atoms with van der Waals surface area (Å²) in [5, 5.41) is 1.77. The lowest BCUT2D eigenvalue weighted by molar-refractivity contribution is 0.0782. The number of carbonyl (C=O) groups is 1. The Kier molecular flexibility index (Phi) is 4.08. The standard InChI is InChI=1S/C15H12BrN3O2S/c1-18(9-10-2-4-11(16)5-3-10)13(20)12-8-17-15-19(14(12)21)6-7-22-15/h2-8H,9H2,1H3. The summed E-state index contributed by atoms with van der Waals surface area (Å²) in [5.41, 5.74) is 0.734. The molecule has 0 saturated carbocycles. The molecular weight excluding hydrogens is 366 g/mol. The molecule has 1 aromatic carbocycles. The molecule has 0 N–H and O–H groups in total. The van der Waals surface area contributed by atoms with Gasteiger partial charge in [-0.3, -0.25) is 14.0 Å². The predicted octanol–water partition coefficient (Wildman–Crippen LogP) is 2.79. The highest BCUT2D eigenvalue weighted by atomic mass is 79.9. The fraction of sp³-hybridized carbons (Fsp3) is 0.133. The third kappa shape index (κ3) is 2.82. The summed E-state index contributed by atoms with van der Waals surface area (Å²) in [5.74, 6) is -0.332. The second-order valence-electron chi connectivity index (χ2n) is 4.82. The number of amides is 1. The number of thiazole rings is 1. The molecule has 0 aliphatic rings.